The minimum Gasteiger partial charge on any atom is -0.330 e. The monoisotopic (exact) mass is 275 g/mol. The van der Waals surface area contributed by atoms with Crippen LogP contribution >= 0.6 is 0 Å². The van der Waals surface area contributed by atoms with Gasteiger partial charge >= 0.3 is 5.97 Å². The van der Waals surface area contributed by atoms with Crippen molar-refractivity contribution in [3.8, 4) is 0 Å². The topological polar surface area (TPSA) is 63.7 Å². The first kappa shape index (κ1) is 14.2. The van der Waals surface area contributed by atoms with Crippen LogP contribution in [0.4, 0.5) is 0 Å². The Balaban J connectivity index is 2.04. The number of hydroxylamine groups is 2. The molecule has 0 saturated heterocycles. The highest BCUT2D eigenvalue weighted by molar-refractivity contribution is 6.20. The van der Waals surface area contributed by atoms with Crippen molar-refractivity contribution in [2.45, 2.75) is 33.6 Å². The summed E-state index contributed by atoms with van der Waals surface area (Å²) < 4.78 is 0. The first-order valence-electron chi connectivity index (χ1n) is 6.48. The number of rotatable bonds is 3. The van der Waals surface area contributed by atoms with Crippen molar-refractivity contribution in [3.63, 3.8) is 0 Å². The van der Waals surface area contributed by atoms with Crippen molar-refractivity contribution < 1.29 is 19.2 Å². The molecule has 0 aromatic heterocycles. The van der Waals surface area contributed by atoms with Crippen LogP contribution in [0.1, 0.15) is 54.3 Å². The third-order valence-electron chi connectivity index (χ3n) is 3.03. The Morgan fingerprint density at radius 3 is 2.05 bits per heavy atom. The number of benzene rings is 1. The maximum atomic E-state index is 12.0. The predicted molar refractivity (Wildman–Crippen MR) is 71.7 cm³/mol. The Kier molecular flexibility index (Phi) is 3.61. The van der Waals surface area contributed by atoms with Crippen LogP contribution in [0.15, 0.2) is 24.3 Å². The Morgan fingerprint density at radius 1 is 1.10 bits per heavy atom. The van der Waals surface area contributed by atoms with Crippen LogP contribution in [0, 0.1) is 5.41 Å². The van der Waals surface area contributed by atoms with Crippen molar-refractivity contribution in [3.05, 3.63) is 35.4 Å². The molecule has 1 aliphatic rings. The molecular formula is C15H17NO4. The van der Waals surface area contributed by atoms with Crippen LogP contribution in [0.3, 0.4) is 0 Å². The average molecular weight is 275 g/mol. The van der Waals surface area contributed by atoms with E-state index in [-0.39, 0.29) is 23.0 Å². The van der Waals surface area contributed by atoms with E-state index in [9.17, 15) is 14.4 Å². The molecule has 0 radical (unpaired) electrons. The van der Waals surface area contributed by atoms with E-state index in [0.29, 0.717) is 11.5 Å². The lowest BCUT2D eigenvalue weighted by molar-refractivity contribution is -0.169. The molecular weight excluding hydrogens is 258 g/mol. The average Bonchev–Trinajstić information content (AvgIpc) is 2.62. The Hall–Kier alpha value is -2.17. The molecule has 2 rings (SSSR count). The highest BCUT2D eigenvalue weighted by atomic mass is 16.7. The third-order valence-corrected chi connectivity index (χ3v) is 3.03. The second-order valence-corrected chi connectivity index (χ2v) is 5.97. The molecule has 0 fully saturated rings. The van der Waals surface area contributed by atoms with Crippen molar-refractivity contribution in [1.82, 2.24) is 5.06 Å². The normalized spacial score (nSPS) is 14.4. The standard InChI is InChI=1S/C15H17NO4/c1-15(2,3)9-8-12(17)20-16-13(18)10-6-4-5-7-11(10)14(16)19/h4-7H,8-9H2,1-3H3. The van der Waals surface area contributed by atoms with Crippen molar-refractivity contribution in [1.29, 1.82) is 0 Å². The lowest BCUT2D eigenvalue weighted by atomic mass is 9.91. The van der Waals surface area contributed by atoms with Crippen molar-refractivity contribution in [2.75, 3.05) is 0 Å². The number of amides is 2. The third kappa shape index (κ3) is 2.87. The lowest BCUT2D eigenvalue weighted by Crippen LogP contribution is -2.32. The van der Waals surface area contributed by atoms with Crippen LogP contribution in [0.5, 0.6) is 0 Å². The number of nitrogens with zero attached hydrogens (tertiary/aromatic N) is 1. The summed E-state index contributed by atoms with van der Waals surface area (Å²) in [4.78, 5) is 40.6. The van der Waals surface area contributed by atoms with E-state index in [1.54, 1.807) is 24.3 Å². The lowest BCUT2D eigenvalue weighted by Gasteiger charge is -2.18. The molecule has 0 N–H and O–H groups in total. The van der Waals surface area contributed by atoms with Gasteiger partial charge in [0.25, 0.3) is 11.8 Å². The summed E-state index contributed by atoms with van der Waals surface area (Å²) in [6.07, 6.45) is 0.784. The summed E-state index contributed by atoms with van der Waals surface area (Å²) in [5.41, 5.74) is 0.517. The van der Waals surface area contributed by atoms with E-state index in [1.165, 1.54) is 0 Å². The summed E-state index contributed by atoms with van der Waals surface area (Å²) in [7, 11) is 0. The predicted octanol–water partition coefficient (Wildman–Crippen LogP) is 2.57. The summed E-state index contributed by atoms with van der Waals surface area (Å²) in [6.45, 7) is 6.01. The summed E-state index contributed by atoms with van der Waals surface area (Å²) >= 11 is 0. The Bertz CT molecular complexity index is 536. The zero-order valence-electron chi connectivity index (χ0n) is 11.8. The summed E-state index contributed by atoms with van der Waals surface area (Å²) in [5, 5.41) is 0.551. The van der Waals surface area contributed by atoms with Gasteiger partial charge in [0, 0.05) is 6.42 Å². The first-order chi connectivity index (χ1) is 9.29. The first-order valence-corrected chi connectivity index (χ1v) is 6.48. The zero-order valence-corrected chi connectivity index (χ0v) is 11.8. The van der Waals surface area contributed by atoms with Crippen molar-refractivity contribution in [2.24, 2.45) is 5.41 Å². The number of hydrogen-bond acceptors (Lipinski definition) is 4. The molecule has 106 valence electrons. The molecule has 20 heavy (non-hydrogen) atoms. The largest absolute Gasteiger partial charge is 0.333 e. The Morgan fingerprint density at radius 2 is 1.60 bits per heavy atom. The summed E-state index contributed by atoms with van der Waals surface area (Å²) in [6, 6.07) is 6.40. The fourth-order valence-electron chi connectivity index (χ4n) is 1.87. The molecule has 0 spiro atoms. The second kappa shape index (κ2) is 5.07. The van der Waals surface area contributed by atoms with Gasteiger partial charge in [-0.05, 0) is 24.0 Å². The van der Waals surface area contributed by atoms with Gasteiger partial charge in [-0.3, -0.25) is 9.59 Å². The minimum absolute atomic E-state index is 0.0129. The van der Waals surface area contributed by atoms with E-state index in [1.807, 2.05) is 20.8 Å². The second-order valence-electron chi connectivity index (χ2n) is 5.97. The molecule has 1 aromatic carbocycles. The maximum absolute atomic E-state index is 12.0. The zero-order chi connectivity index (χ0) is 14.9. The minimum atomic E-state index is -0.588. The van der Waals surface area contributed by atoms with E-state index >= 15 is 0 Å². The molecule has 2 amide bonds. The van der Waals surface area contributed by atoms with Gasteiger partial charge in [0.1, 0.15) is 0 Å². The number of carbonyl (C=O) groups excluding carboxylic acids is 3. The number of imide groups is 1. The van der Waals surface area contributed by atoms with Crippen LogP contribution in [-0.4, -0.2) is 22.8 Å². The number of fused-ring (bicyclic) bond motifs is 1. The van der Waals surface area contributed by atoms with Crippen molar-refractivity contribution >= 4 is 17.8 Å². The molecule has 5 heteroatoms. The van der Waals surface area contributed by atoms with Gasteiger partial charge in [-0.1, -0.05) is 38.0 Å². The van der Waals surface area contributed by atoms with E-state index in [4.69, 9.17) is 4.84 Å². The van der Waals surface area contributed by atoms with Crippen LogP contribution < -0.4 is 0 Å². The van der Waals surface area contributed by atoms with Crippen LogP contribution in [0.2, 0.25) is 0 Å². The number of hydrogen-bond donors (Lipinski definition) is 0. The fourth-order valence-corrected chi connectivity index (χ4v) is 1.87. The van der Waals surface area contributed by atoms with E-state index < -0.39 is 17.8 Å². The SMILES string of the molecule is CC(C)(C)CCC(=O)ON1C(=O)c2ccccc2C1=O. The molecule has 5 nitrogen and oxygen atoms in total. The van der Waals surface area contributed by atoms with Gasteiger partial charge in [0.05, 0.1) is 11.1 Å². The van der Waals surface area contributed by atoms with Gasteiger partial charge in [0.2, 0.25) is 0 Å². The summed E-state index contributed by atoms with van der Waals surface area (Å²) in [5.74, 6) is -1.75. The molecule has 0 bridgehead atoms. The highest BCUT2D eigenvalue weighted by Crippen LogP contribution is 2.24. The van der Waals surface area contributed by atoms with E-state index in [2.05, 4.69) is 0 Å². The van der Waals surface area contributed by atoms with Gasteiger partial charge in [0.15, 0.2) is 0 Å². The highest BCUT2D eigenvalue weighted by Gasteiger charge is 2.38. The molecule has 0 saturated carbocycles. The number of carbonyl (C=O) groups is 3. The Labute approximate surface area is 117 Å². The maximum Gasteiger partial charge on any atom is 0.333 e. The van der Waals surface area contributed by atoms with Crippen LogP contribution in [0.25, 0.3) is 0 Å². The molecule has 1 aliphatic heterocycles. The van der Waals surface area contributed by atoms with Gasteiger partial charge in [-0.15, -0.1) is 0 Å². The molecule has 1 heterocycles. The van der Waals surface area contributed by atoms with Crippen LogP contribution in [-0.2, 0) is 9.63 Å². The molecule has 0 aliphatic carbocycles. The van der Waals surface area contributed by atoms with Gasteiger partial charge < -0.3 is 4.84 Å². The fraction of sp³-hybridized carbons (Fsp3) is 0.400. The van der Waals surface area contributed by atoms with Gasteiger partial charge in [-0.25, -0.2) is 4.79 Å². The quantitative estimate of drug-likeness (QED) is 0.795. The molecule has 1 aromatic rings. The van der Waals surface area contributed by atoms with Gasteiger partial charge in [-0.2, -0.15) is 0 Å². The van der Waals surface area contributed by atoms with E-state index in [0.717, 1.165) is 0 Å². The smallest absolute Gasteiger partial charge is 0.330 e. The molecule has 0 unspecified atom stereocenters. The molecule has 0 atom stereocenters.